The zero-order valence-electron chi connectivity index (χ0n) is 44.8. The molecule has 5 fully saturated rings. The van der Waals surface area contributed by atoms with Crippen LogP contribution in [0.2, 0.25) is 0 Å². The van der Waals surface area contributed by atoms with Gasteiger partial charge in [0.2, 0.25) is 18.2 Å². The standard InChI is InChI=1S/C29H41F2N7O.C19H25N3O3.C7H14N2O2/c1-4-9-32-25-16-26(34-20-33-25)37-12-7-29(8-13-37)19-38(18-27(39)35-29)24-15-22(30)21(14-23(24)31)17-36-10-5-28(2,3)6-11-36;23-13-17-1-2-19(11-18(17)14-24)22-9-7-20(8-10-22)12-16-3-5-21(15-25)6-4-16;1-8-6(4-3-5-10)7(11)9-2/h14-16,20H,4-13,17-19H2,1-3H3,(H,35,39)(H,32,33,34);1-2,11,13-16H,3-10,12H2;5-6,8H,3-4H2,1-2H3,(H,9,11). The first kappa shape index (κ1) is 58.1. The largest absolute Gasteiger partial charge is 0.370 e. The number of carbonyl (C=O) groups is 6. The maximum Gasteiger partial charge on any atom is 0.240 e. The molecule has 6 heterocycles. The van der Waals surface area contributed by atoms with Gasteiger partial charge in [0.05, 0.1) is 23.8 Å². The second-order valence-electron chi connectivity index (χ2n) is 21.3. The second-order valence-corrected chi connectivity index (χ2v) is 21.3. The molecule has 8 rings (SSSR count). The van der Waals surface area contributed by atoms with E-state index in [1.165, 1.54) is 12.1 Å². The van der Waals surface area contributed by atoms with Crippen molar-refractivity contribution in [2.45, 2.75) is 96.7 Å². The van der Waals surface area contributed by atoms with Crippen LogP contribution in [0.1, 0.15) is 105 Å². The van der Waals surface area contributed by atoms with Crippen LogP contribution >= 0.6 is 0 Å². The van der Waals surface area contributed by atoms with Crippen molar-refractivity contribution in [2.24, 2.45) is 11.3 Å². The number of carbonyl (C=O) groups excluding carboxylic acids is 6. The number of piperazine rings is 2. The minimum atomic E-state index is -0.496. The van der Waals surface area contributed by atoms with Crippen molar-refractivity contribution in [2.75, 3.05) is 126 Å². The molecule has 5 aliphatic heterocycles. The van der Waals surface area contributed by atoms with E-state index < -0.39 is 17.2 Å². The molecular weight excluding hydrogens is 963 g/mol. The van der Waals surface area contributed by atoms with Crippen LogP contribution < -0.4 is 36.0 Å². The van der Waals surface area contributed by atoms with E-state index in [2.05, 4.69) is 71.6 Å². The van der Waals surface area contributed by atoms with Crippen LogP contribution in [0.15, 0.2) is 42.7 Å². The summed E-state index contributed by atoms with van der Waals surface area (Å²) in [4.78, 5) is 88.0. The summed E-state index contributed by atoms with van der Waals surface area (Å²) in [7, 11) is 3.28. The lowest BCUT2D eigenvalue weighted by Gasteiger charge is -2.48. The third-order valence-corrected chi connectivity index (χ3v) is 15.4. The molecule has 4 N–H and O–H groups in total. The monoisotopic (exact) mass is 1040 g/mol. The van der Waals surface area contributed by atoms with Crippen molar-refractivity contribution in [3.8, 4) is 0 Å². The van der Waals surface area contributed by atoms with Crippen LogP contribution in [-0.4, -0.2) is 179 Å². The molecule has 1 atom stereocenters. The highest BCUT2D eigenvalue weighted by Crippen LogP contribution is 2.35. The highest BCUT2D eigenvalue weighted by molar-refractivity contribution is 5.91. The zero-order valence-corrected chi connectivity index (χ0v) is 44.8. The molecule has 75 heavy (non-hydrogen) atoms. The molecular formula is C55H80F2N12O6. The Bertz CT molecular complexity index is 2360. The van der Waals surface area contributed by atoms with Gasteiger partial charge in [0, 0.05) is 127 Å². The van der Waals surface area contributed by atoms with Crippen molar-refractivity contribution >= 4 is 60.1 Å². The Morgan fingerprint density at radius 1 is 0.813 bits per heavy atom. The van der Waals surface area contributed by atoms with E-state index in [0.29, 0.717) is 79.9 Å². The molecule has 1 unspecified atom stereocenters. The van der Waals surface area contributed by atoms with Crippen LogP contribution in [-0.2, 0) is 25.7 Å². The number of nitrogens with zero attached hydrogens (tertiary/aromatic N) is 8. The zero-order chi connectivity index (χ0) is 54.0. The molecule has 2 aromatic carbocycles. The second kappa shape index (κ2) is 28.1. The van der Waals surface area contributed by atoms with E-state index >= 15 is 8.78 Å². The highest BCUT2D eigenvalue weighted by atomic mass is 19.1. The topological polar surface area (TPSA) is 196 Å². The van der Waals surface area contributed by atoms with Crippen molar-refractivity contribution in [1.29, 1.82) is 0 Å². The number of hydrogen-bond donors (Lipinski definition) is 4. The van der Waals surface area contributed by atoms with Gasteiger partial charge in [0.1, 0.15) is 35.9 Å². The van der Waals surface area contributed by atoms with E-state index in [1.807, 2.05) is 23.1 Å². The molecule has 3 amide bonds. The van der Waals surface area contributed by atoms with Gasteiger partial charge in [-0.2, -0.15) is 0 Å². The summed E-state index contributed by atoms with van der Waals surface area (Å²) in [5, 5.41) is 11.8. The Morgan fingerprint density at radius 2 is 1.52 bits per heavy atom. The van der Waals surface area contributed by atoms with Crippen LogP contribution in [0.25, 0.3) is 0 Å². The first-order valence-corrected chi connectivity index (χ1v) is 26.8. The maximum absolute atomic E-state index is 15.4. The fraction of sp³-hybridized carbons (Fsp3) is 0.600. The number of likely N-dealkylation sites (N-methyl/N-ethyl adjacent to an activating group) is 2. The normalized spacial score (nSPS) is 19.4. The van der Waals surface area contributed by atoms with Gasteiger partial charge in [-0.15, -0.1) is 0 Å². The molecule has 0 bridgehead atoms. The van der Waals surface area contributed by atoms with E-state index in [4.69, 9.17) is 0 Å². The van der Waals surface area contributed by atoms with E-state index in [-0.39, 0.29) is 30.1 Å². The Hall–Kier alpha value is -6.12. The average Bonchev–Trinajstić information content (AvgIpc) is 3.42. The van der Waals surface area contributed by atoms with E-state index in [9.17, 15) is 28.8 Å². The first-order chi connectivity index (χ1) is 36.1. The maximum atomic E-state index is 15.4. The molecule has 18 nitrogen and oxygen atoms in total. The number of nitrogens with one attached hydrogen (secondary N) is 4. The van der Waals surface area contributed by atoms with Gasteiger partial charge in [-0.05, 0) is 107 Å². The summed E-state index contributed by atoms with van der Waals surface area (Å²) in [6.07, 6.45) is 12.4. The highest BCUT2D eigenvalue weighted by Gasteiger charge is 2.42. The summed E-state index contributed by atoms with van der Waals surface area (Å²) in [6, 6.07) is 9.76. The number of aldehydes is 3. The third kappa shape index (κ3) is 16.7. The average molecular weight is 1040 g/mol. The molecule has 20 heteroatoms. The fourth-order valence-corrected chi connectivity index (χ4v) is 10.5. The Morgan fingerprint density at radius 3 is 2.15 bits per heavy atom. The van der Waals surface area contributed by atoms with Crippen LogP contribution in [0, 0.1) is 23.0 Å². The molecule has 5 saturated heterocycles. The van der Waals surface area contributed by atoms with Gasteiger partial charge in [-0.3, -0.25) is 33.8 Å². The van der Waals surface area contributed by atoms with Gasteiger partial charge in [-0.25, -0.2) is 18.7 Å². The Balaban J connectivity index is 0.000000216. The number of benzene rings is 2. The fourth-order valence-electron chi connectivity index (χ4n) is 10.5. The number of likely N-dealkylation sites (tertiary alicyclic amines) is 2. The summed E-state index contributed by atoms with van der Waals surface area (Å²) in [5.41, 5.74) is 2.25. The van der Waals surface area contributed by atoms with Gasteiger partial charge < -0.3 is 45.7 Å². The van der Waals surface area contributed by atoms with Gasteiger partial charge >= 0.3 is 0 Å². The van der Waals surface area contributed by atoms with Gasteiger partial charge in [0.15, 0.2) is 12.6 Å². The van der Waals surface area contributed by atoms with E-state index in [0.717, 1.165) is 140 Å². The Kier molecular flexibility index (Phi) is 21.8. The summed E-state index contributed by atoms with van der Waals surface area (Å²) >= 11 is 0. The van der Waals surface area contributed by atoms with Crippen LogP contribution in [0.5, 0.6) is 0 Å². The predicted molar refractivity (Wildman–Crippen MR) is 288 cm³/mol. The number of rotatable bonds is 18. The molecule has 0 saturated carbocycles. The van der Waals surface area contributed by atoms with Crippen LogP contribution in [0.3, 0.4) is 0 Å². The SMILES string of the molecule is CCCNc1cc(N2CCC3(CC2)CN(c2cc(F)c(CN4CCC(C)(C)CC4)cc2F)CC(=O)N3)ncn1.CNC(=O)C(CCC=O)NC.O=Cc1ccc(N2CCN(CC3CCN(C=O)CC3)CC2)cc1C=O. The number of halogens is 2. The third-order valence-electron chi connectivity index (χ3n) is 15.4. The molecule has 1 spiro atoms. The Labute approximate surface area is 441 Å². The number of amides is 3. The molecule has 0 radical (unpaired) electrons. The molecule has 1 aromatic heterocycles. The molecule has 0 aliphatic carbocycles. The lowest BCUT2D eigenvalue weighted by Crippen LogP contribution is -2.66. The molecule has 5 aliphatic rings. The smallest absolute Gasteiger partial charge is 0.240 e. The van der Waals surface area contributed by atoms with Crippen molar-refractivity contribution in [3.05, 3.63) is 71.1 Å². The van der Waals surface area contributed by atoms with Crippen molar-refractivity contribution in [1.82, 2.24) is 40.6 Å². The number of piperidine rings is 3. The van der Waals surface area contributed by atoms with Gasteiger partial charge in [0.25, 0.3) is 0 Å². The van der Waals surface area contributed by atoms with E-state index in [1.54, 1.807) is 31.4 Å². The minimum absolute atomic E-state index is 0.0146. The number of hydrogen-bond acceptors (Lipinski definition) is 15. The number of anilines is 4. The summed E-state index contributed by atoms with van der Waals surface area (Å²) < 4.78 is 30.6. The summed E-state index contributed by atoms with van der Waals surface area (Å²) in [6.45, 7) is 18.2. The quantitative estimate of drug-likeness (QED) is 0.127. The first-order valence-electron chi connectivity index (χ1n) is 26.8. The minimum Gasteiger partial charge on any atom is -0.370 e. The van der Waals surface area contributed by atoms with Gasteiger partial charge in [-0.1, -0.05) is 20.8 Å². The van der Waals surface area contributed by atoms with Crippen LogP contribution in [0.4, 0.5) is 31.8 Å². The van der Waals surface area contributed by atoms with Crippen molar-refractivity contribution in [3.63, 3.8) is 0 Å². The summed E-state index contributed by atoms with van der Waals surface area (Å²) in [5.74, 6) is 1.19. The number of aromatic nitrogens is 2. The molecule has 410 valence electrons. The molecule has 3 aromatic rings. The van der Waals surface area contributed by atoms with Crippen molar-refractivity contribution < 1.29 is 37.5 Å². The predicted octanol–water partition coefficient (Wildman–Crippen LogP) is 4.78. The lowest BCUT2D eigenvalue weighted by atomic mass is 9.82. The lowest BCUT2D eigenvalue weighted by molar-refractivity contribution is -0.124.